The lowest BCUT2D eigenvalue weighted by atomic mass is 10.2. The maximum atomic E-state index is 13.5. The SMILES string of the molecule is CCCNc1ccc(Cl)c(COc2ccc(C)c(F)c2)n1. The van der Waals surface area contributed by atoms with Crippen molar-refractivity contribution < 1.29 is 9.13 Å². The van der Waals surface area contributed by atoms with Gasteiger partial charge < -0.3 is 10.1 Å². The quantitative estimate of drug-likeness (QED) is 0.848. The smallest absolute Gasteiger partial charge is 0.132 e. The summed E-state index contributed by atoms with van der Waals surface area (Å²) in [5.74, 6) is 0.933. The van der Waals surface area contributed by atoms with E-state index in [-0.39, 0.29) is 12.4 Å². The molecule has 0 saturated carbocycles. The second-order valence-electron chi connectivity index (χ2n) is 4.75. The fraction of sp³-hybridized carbons (Fsp3) is 0.312. The summed E-state index contributed by atoms with van der Waals surface area (Å²) in [6.45, 7) is 4.83. The van der Waals surface area contributed by atoms with Crippen molar-refractivity contribution in [2.24, 2.45) is 0 Å². The molecule has 0 spiro atoms. The monoisotopic (exact) mass is 308 g/mol. The van der Waals surface area contributed by atoms with E-state index in [1.807, 2.05) is 6.07 Å². The zero-order valence-corrected chi connectivity index (χ0v) is 12.9. The van der Waals surface area contributed by atoms with E-state index in [1.165, 1.54) is 6.07 Å². The Labute approximate surface area is 129 Å². The molecule has 1 heterocycles. The summed E-state index contributed by atoms with van der Waals surface area (Å²) in [4.78, 5) is 4.40. The molecule has 5 heteroatoms. The summed E-state index contributed by atoms with van der Waals surface area (Å²) < 4.78 is 19.0. The van der Waals surface area contributed by atoms with E-state index in [0.717, 1.165) is 18.8 Å². The summed E-state index contributed by atoms with van der Waals surface area (Å²) in [6.07, 6.45) is 1.01. The minimum atomic E-state index is -0.287. The van der Waals surface area contributed by atoms with Crippen LogP contribution in [-0.2, 0) is 6.61 Å². The number of hydrogen-bond donors (Lipinski definition) is 1. The van der Waals surface area contributed by atoms with Crippen LogP contribution in [0.5, 0.6) is 5.75 Å². The molecule has 1 N–H and O–H groups in total. The van der Waals surface area contributed by atoms with Crippen LogP contribution in [0.15, 0.2) is 30.3 Å². The zero-order valence-electron chi connectivity index (χ0n) is 12.1. The molecule has 2 aromatic rings. The molecule has 0 aliphatic heterocycles. The highest BCUT2D eigenvalue weighted by atomic mass is 35.5. The minimum absolute atomic E-state index is 0.197. The van der Waals surface area contributed by atoms with Crippen molar-refractivity contribution in [1.29, 1.82) is 0 Å². The van der Waals surface area contributed by atoms with E-state index in [9.17, 15) is 4.39 Å². The molecule has 2 rings (SSSR count). The van der Waals surface area contributed by atoms with Gasteiger partial charge in [0.05, 0.1) is 10.7 Å². The topological polar surface area (TPSA) is 34.1 Å². The number of pyridine rings is 1. The summed E-state index contributed by atoms with van der Waals surface area (Å²) in [7, 11) is 0. The van der Waals surface area contributed by atoms with Crippen LogP contribution in [0.25, 0.3) is 0 Å². The summed E-state index contributed by atoms with van der Waals surface area (Å²) >= 11 is 6.11. The van der Waals surface area contributed by atoms with Crippen molar-refractivity contribution in [3.63, 3.8) is 0 Å². The van der Waals surface area contributed by atoms with Crippen molar-refractivity contribution in [3.8, 4) is 5.75 Å². The van der Waals surface area contributed by atoms with Crippen LogP contribution in [0.4, 0.5) is 10.2 Å². The van der Waals surface area contributed by atoms with Gasteiger partial charge in [0, 0.05) is 12.6 Å². The maximum Gasteiger partial charge on any atom is 0.132 e. The highest BCUT2D eigenvalue weighted by Crippen LogP contribution is 2.21. The summed E-state index contributed by atoms with van der Waals surface area (Å²) in [6, 6.07) is 8.38. The second kappa shape index (κ2) is 7.27. The molecule has 0 atom stereocenters. The standard InChI is InChI=1S/C16H18ClFN2O/c1-3-8-19-16-7-6-13(17)15(20-16)10-21-12-5-4-11(2)14(18)9-12/h4-7,9H,3,8,10H2,1-2H3,(H,19,20). The molecule has 0 bridgehead atoms. The van der Waals surface area contributed by atoms with Crippen LogP contribution < -0.4 is 10.1 Å². The summed E-state index contributed by atoms with van der Waals surface area (Å²) in [5.41, 5.74) is 1.21. The Bertz CT molecular complexity index is 619. The van der Waals surface area contributed by atoms with Gasteiger partial charge >= 0.3 is 0 Å². The Balaban J connectivity index is 2.06. The van der Waals surface area contributed by atoms with Gasteiger partial charge in [0.1, 0.15) is 24.0 Å². The molecule has 3 nitrogen and oxygen atoms in total. The van der Waals surface area contributed by atoms with Crippen molar-refractivity contribution in [2.45, 2.75) is 26.9 Å². The largest absolute Gasteiger partial charge is 0.487 e. The number of anilines is 1. The van der Waals surface area contributed by atoms with Gasteiger partial charge in [0.15, 0.2) is 0 Å². The number of aromatic nitrogens is 1. The first-order valence-electron chi connectivity index (χ1n) is 6.88. The van der Waals surface area contributed by atoms with Gasteiger partial charge in [-0.2, -0.15) is 0 Å². The average molecular weight is 309 g/mol. The number of benzene rings is 1. The number of rotatable bonds is 6. The predicted molar refractivity (Wildman–Crippen MR) is 83.5 cm³/mol. The highest BCUT2D eigenvalue weighted by Gasteiger charge is 2.06. The molecule has 0 saturated heterocycles. The van der Waals surface area contributed by atoms with Crippen LogP contribution in [0.1, 0.15) is 24.6 Å². The highest BCUT2D eigenvalue weighted by molar-refractivity contribution is 6.31. The van der Waals surface area contributed by atoms with Gasteiger partial charge in [-0.3, -0.25) is 0 Å². The van der Waals surface area contributed by atoms with Crippen LogP contribution in [0.2, 0.25) is 5.02 Å². The van der Waals surface area contributed by atoms with Crippen molar-refractivity contribution in [1.82, 2.24) is 4.98 Å². The number of ether oxygens (including phenoxy) is 1. The van der Waals surface area contributed by atoms with E-state index < -0.39 is 0 Å². The lowest BCUT2D eigenvalue weighted by Crippen LogP contribution is -2.05. The van der Waals surface area contributed by atoms with Crippen LogP contribution in [0, 0.1) is 12.7 Å². The Morgan fingerprint density at radius 1 is 1.29 bits per heavy atom. The van der Waals surface area contributed by atoms with Crippen LogP contribution in [-0.4, -0.2) is 11.5 Å². The van der Waals surface area contributed by atoms with Crippen LogP contribution in [0.3, 0.4) is 0 Å². The zero-order chi connectivity index (χ0) is 15.2. The molecule has 0 unspecified atom stereocenters. The molecule has 21 heavy (non-hydrogen) atoms. The number of aryl methyl sites for hydroxylation is 1. The number of nitrogens with zero attached hydrogens (tertiary/aromatic N) is 1. The minimum Gasteiger partial charge on any atom is -0.487 e. The molecule has 0 fully saturated rings. The third-order valence-corrected chi connectivity index (χ3v) is 3.34. The van der Waals surface area contributed by atoms with E-state index in [4.69, 9.17) is 16.3 Å². The lowest BCUT2D eigenvalue weighted by Gasteiger charge is -2.10. The molecule has 1 aromatic heterocycles. The Kier molecular flexibility index (Phi) is 5.39. The summed E-state index contributed by atoms with van der Waals surface area (Å²) in [5, 5.41) is 3.72. The molecule has 1 aromatic carbocycles. The first-order valence-corrected chi connectivity index (χ1v) is 7.26. The molecule has 0 radical (unpaired) electrons. The molecule has 0 amide bonds. The fourth-order valence-corrected chi connectivity index (χ4v) is 1.91. The number of halogens is 2. The Morgan fingerprint density at radius 2 is 2.10 bits per heavy atom. The predicted octanol–water partition coefficient (Wildman–Crippen LogP) is 4.58. The Hall–Kier alpha value is -1.81. The van der Waals surface area contributed by atoms with Crippen molar-refractivity contribution in [2.75, 3.05) is 11.9 Å². The van der Waals surface area contributed by atoms with E-state index in [2.05, 4.69) is 17.2 Å². The molecule has 112 valence electrons. The average Bonchev–Trinajstić information content (AvgIpc) is 2.48. The van der Waals surface area contributed by atoms with Gasteiger partial charge in [0.2, 0.25) is 0 Å². The first kappa shape index (κ1) is 15.6. The van der Waals surface area contributed by atoms with E-state index in [0.29, 0.717) is 22.0 Å². The van der Waals surface area contributed by atoms with E-state index in [1.54, 1.807) is 25.1 Å². The Morgan fingerprint density at radius 3 is 2.81 bits per heavy atom. The van der Waals surface area contributed by atoms with Crippen molar-refractivity contribution in [3.05, 3.63) is 52.4 Å². The molecular weight excluding hydrogens is 291 g/mol. The first-order chi connectivity index (χ1) is 10.1. The molecular formula is C16H18ClFN2O. The third kappa shape index (κ3) is 4.33. The molecule has 0 aliphatic rings. The lowest BCUT2D eigenvalue weighted by molar-refractivity contribution is 0.300. The normalized spacial score (nSPS) is 10.5. The second-order valence-corrected chi connectivity index (χ2v) is 5.16. The van der Waals surface area contributed by atoms with Gasteiger partial charge in [-0.15, -0.1) is 0 Å². The maximum absolute atomic E-state index is 13.5. The van der Waals surface area contributed by atoms with Gasteiger partial charge in [0.25, 0.3) is 0 Å². The van der Waals surface area contributed by atoms with Gasteiger partial charge in [-0.1, -0.05) is 24.6 Å². The van der Waals surface area contributed by atoms with Crippen LogP contribution >= 0.6 is 11.6 Å². The van der Waals surface area contributed by atoms with Gasteiger partial charge in [-0.25, -0.2) is 9.37 Å². The number of nitrogens with one attached hydrogen (secondary N) is 1. The van der Waals surface area contributed by atoms with Gasteiger partial charge in [-0.05, 0) is 37.1 Å². The van der Waals surface area contributed by atoms with Crippen molar-refractivity contribution >= 4 is 17.4 Å². The number of hydrogen-bond acceptors (Lipinski definition) is 3. The molecule has 0 aliphatic carbocycles. The fourth-order valence-electron chi connectivity index (χ4n) is 1.75. The van der Waals surface area contributed by atoms with E-state index >= 15 is 0 Å². The third-order valence-electron chi connectivity index (χ3n) is 2.99.